The molecular weight excluding hydrogens is 380 g/mol. The van der Waals surface area contributed by atoms with Crippen LogP contribution in [0.3, 0.4) is 0 Å². The summed E-state index contributed by atoms with van der Waals surface area (Å²) in [5, 5.41) is 11.7. The number of hydrogen-bond acceptors (Lipinski definition) is 7. The molecule has 1 aliphatic rings. The zero-order chi connectivity index (χ0) is 20.9. The second-order valence-corrected chi connectivity index (χ2v) is 7.05. The van der Waals surface area contributed by atoms with Crippen LogP contribution in [0.4, 0.5) is 17.3 Å². The maximum Gasteiger partial charge on any atom is 0.253 e. The lowest BCUT2D eigenvalue weighted by molar-refractivity contribution is 0.0746. The first kappa shape index (κ1) is 19.5. The Morgan fingerprint density at radius 3 is 2.10 bits per heavy atom. The first-order chi connectivity index (χ1) is 14.6. The van der Waals surface area contributed by atoms with Gasteiger partial charge in [-0.15, -0.1) is 10.2 Å². The fourth-order valence-corrected chi connectivity index (χ4v) is 3.31. The Kier molecular flexibility index (Phi) is 5.65. The zero-order valence-corrected chi connectivity index (χ0v) is 16.7. The molecule has 152 valence electrons. The molecule has 30 heavy (non-hydrogen) atoms. The number of pyridine rings is 1. The number of amides is 1. The lowest BCUT2D eigenvalue weighted by Crippen LogP contribution is -2.49. The highest BCUT2D eigenvalue weighted by Crippen LogP contribution is 2.18. The molecule has 1 N–H and O–H groups in total. The molecule has 1 amide bonds. The van der Waals surface area contributed by atoms with Crippen molar-refractivity contribution in [3.05, 3.63) is 72.1 Å². The van der Waals surface area contributed by atoms with Crippen molar-refractivity contribution in [3.8, 4) is 0 Å². The van der Waals surface area contributed by atoms with Crippen LogP contribution in [0, 0.1) is 0 Å². The Morgan fingerprint density at radius 2 is 1.50 bits per heavy atom. The van der Waals surface area contributed by atoms with Crippen LogP contribution in [-0.2, 0) is 0 Å². The number of aromatic nitrogens is 3. The van der Waals surface area contributed by atoms with E-state index in [0.29, 0.717) is 43.1 Å². The van der Waals surface area contributed by atoms with Crippen molar-refractivity contribution in [1.29, 1.82) is 0 Å². The van der Waals surface area contributed by atoms with Crippen molar-refractivity contribution in [3.63, 3.8) is 0 Å². The minimum atomic E-state index is -0.0206. The average molecular weight is 402 g/mol. The predicted molar refractivity (Wildman–Crippen MR) is 114 cm³/mol. The fourth-order valence-electron chi connectivity index (χ4n) is 3.31. The summed E-state index contributed by atoms with van der Waals surface area (Å²) in [5.41, 5.74) is 2.10. The normalized spacial score (nSPS) is 13.8. The summed E-state index contributed by atoms with van der Waals surface area (Å²) in [5.74, 6) is 1.42. The zero-order valence-electron chi connectivity index (χ0n) is 16.7. The first-order valence-electron chi connectivity index (χ1n) is 9.76. The van der Waals surface area contributed by atoms with Crippen molar-refractivity contribution < 1.29 is 9.59 Å². The highest BCUT2D eigenvalue weighted by atomic mass is 16.2. The molecule has 0 saturated carbocycles. The fraction of sp³-hybridized carbons (Fsp3) is 0.227. The number of carbonyl (C=O) groups excluding carboxylic acids is 2. The van der Waals surface area contributed by atoms with E-state index >= 15 is 0 Å². The largest absolute Gasteiger partial charge is 0.352 e. The molecule has 0 aliphatic carbocycles. The molecule has 0 bridgehead atoms. The van der Waals surface area contributed by atoms with Gasteiger partial charge in [0.25, 0.3) is 5.91 Å². The van der Waals surface area contributed by atoms with Crippen molar-refractivity contribution in [1.82, 2.24) is 20.1 Å². The molecule has 0 radical (unpaired) electrons. The van der Waals surface area contributed by atoms with Crippen LogP contribution in [0.15, 0.2) is 60.9 Å². The third-order valence-corrected chi connectivity index (χ3v) is 5.03. The summed E-state index contributed by atoms with van der Waals surface area (Å²) in [4.78, 5) is 32.0. The Bertz CT molecular complexity index is 1010. The van der Waals surface area contributed by atoms with Crippen molar-refractivity contribution in [2.45, 2.75) is 6.92 Å². The van der Waals surface area contributed by atoms with E-state index in [0.717, 1.165) is 11.5 Å². The predicted octanol–water partition coefficient (Wildman–Crippen LogP) is 2.78. The Balaban J connectivity index is 1.33. The second-order valence-electron chi connectivity index (χ2n) is 7.05. The van der Waals surface area contributed by atoms with Gasteiger partial charge in [-0.25, -0.2) is 0 Å². The highest BCUT2D eigenvalue weighted by Gasteiger charge is 2.23. The number of nitrogens with zero attached hydrogens (tertiary/aromatic N) is 5. The summed E-state index contributed by atoms with van der Waals surface area (Å²) < 4.78 is 0. The molecule has 0 spiro atoms. The van der Waals surface area contributed by atoms with Gasteiger partial charge in [0.1, 0.15) is 0 Å². The van der Waals surface area contributed by atoms with Crippen LogP contribution in [0.1, 0.15) is 27.6 Å². The van der Waals surface area contributed by atoms with Crippen molar-refractivity contribution in [2.24, 2.45) is 0 Å². The first-order valence-corrected chi connectivity index (χ1v) is 9.76. The smallest absolute Gasteiger partial charge is 0.253 e. The van der Waals surface area contributed by atoms with Gasteiger partial charge in [-0.3, -0.25) is 14.6 Å². The molecule has 3 heterocycles. The standard InChI is InChI=1S/C22H22N6O2/c1-16(29)17-2-4-18(5-3-17)22(30)28-14-12-27(13-15-28)21-7-6-20(25-26-21)24-19-8-10-23-11-9-19/h2-11H,12-15H2,1H3,(H,23,24,25). The van der Waals surface area contributed by atoms with E-state index in [1.165, 1.54) is 6.92 Å². The summed E-state index contributed by atoms with van der Waals surface area (Å²) in [6.45, 7) is 4.09. The molecule has 1 aromatic carbocycles. The van der Waals surface area contributed by atoms with Crippen LogP contribution < -0.4 is 10.2 Å². The molecule has 8 heteroatoms. The minimum Gasteiger partial charge on any atom is -0.352 e. The van der Waals surface area contributed by atoms with Crippen LogP contribution >= 0.6 is 0 Å². The molecular formula is C22H22N6O2. The van der Waals surface area contributed by atoms with E-state index in [1.54, 1.807) is 36.7 Å². The number of carbonyl (C=O) groups is 2. The maximum absolute atomic E-state index is 12.7. The van der Waals surface area contributed by atoms with Crippen molar-refractivity contribution >= 4 is 29.0 Å². The quantitative estimate of drug-likeness (QED) is 0.656. The SMILES string of the molecule is CC(=O)c1ccc(C(=O)N2CCN(c3ccc(Nc4ccncc4)nn3)CC2)cc1. The molecule has 3 aromatic rings. The van der Waals surface area contributed by atoms with Crippen LogP contribution in [0.25, 0.3) is 0 Å². The van der Waals surface area contributed by atoms with E-state index in [-0.39, 0.29) is 11.7 Å². The second kappa shape index (κ2) is 8.69. The lowest BCUT2D eigenvalue weighted by Gasteiger charge is -2.35. The van der Waals surface area contributed by atoms with Gasteiger partial charge in [0.2, 0.25) is 0 Å². The van der Waals surface area contributed by atoms with Gasteiger partial charge in [0.15, 0.2) is 17.4 Å². The number of hydrogen-bond donors (Lipinski definition) is 1. The summed E-state index contributed by atoms with van der Waals surface area (Å²) in [6.07, 6.45) is 3.42. The third kappa shape index (κ3) is 4.43. The average Bonchev–Trinajstić information content (AvgIpc) is 2.80. The number of rotatable bonds is 5. The number of anilines is 3. The summed E-state index contributed by atoms with van der Waals surface area (Å²) >= 11 is 0. The lowest BCUT2D eigenvalue weighted by atomic mass is 10.1. The van der Waals surface area contributed by atoms with E-state index < -0.39 is 0 Å². The van der Waals surface area contributed by atoms with E-state index in [4.69, 9.17) is 0 Å². The number of piperazine rings is 1. The molecule has 1 saturated heterocycles. The van der Waals surface area contributed by atoms with Gasteiger partial charge in [-0.1, -0.05) is 12.1 Å². The number of nitrogens with one attached hydrogen (secondary N) is 1. The van der Waals surface area contributed by atoms with Crippen molar-refractivity contribution in [2.75, 3.05) is 36.4 Å². The Morgan fingerprint density at radius 1 is 0.833 bits per heavy atom. The van der Waals surface area contributed by atoms with E-state index in [9.17, 15) is 9.59 Å². The minimum absolute atomic E-state index is 0.00859. The van der Waals surface area contributed by atoms with Crippen LogP contribution in [0.2, 0.25) is 0 Å². The Hall–Kier alpha value is -3.81. The molecule has 2 aromatic heterocycles. The number of benzene rings is 1. The summed E-state index contributed by atoms with van der Waals surface area (Å²) in [7, 11) is 0. The van der Waals surface area contributed by atoms with Crippen LogP contribution in [-0.4, -0.2) is 58.0 Å². The van der Waals surface area contributed by atoms with Gasteiger partial charge < -0.3 is 15.1 Å². The number of Topliss-reactive ketones (excluding diaryl/α,β-unsaturated/α-hetero) is 1. The van der Waals surface area contributed by atoms with Gasteiger partial charge >= 0.3 is 0 Å². The van der Waals surface area contributed by atoms with Crippen LogP contribution in [0.5, 0.6) is 0 Å². The van der Waals surface area contributed by atoms with Gasteiger partial charge in [-0.05, 0) is 43.3 Å². The Labute approximate surface area is 174 Å². The monoisotopic (exact) mass is 402 g/mol. The highest BCUT2D eigenvalue weighted by molar-refractivity contribution is 5.97. The summed E-state index contributed by atoms with van der Waals surface area (Å²) in [6, 6.07) is 14.4. The molecule has 0 unspecified atom stereocenters. The molecule has 8 nitrogen and oxygen atoms in total. The van der Waals surface area contributed by atoms with E-state index in [2.05, 4.69) is 25.4 Å². The van der Waals surface area contributed by atoms with Gasteiger partial charge in [0, 0.05) is 55.4 Å². The molecule has 1 fully saturated rings. The number of ketones is 1. The molecule has 0 atom stereocenters. The van der Waals surface area contributed by atoms with Gasteiger partial charge in [0.05, 0.1) is 0 Å². The topological polar surface area (TPSA) is 91.3 Å². The third-order valence-electron chi connectivity index (χ3n) is 5.03. The van der Waals surface area contributed by atoms with Gasteiger partial charge in [-0.2, -0.15) is 0 Å². The maximum atomic E-state index is 12.7. The molecule has 4 rings (SSSR count). The molecule has 1 aliphatic heterocycles. The van der Waals surface area contributed by atoms with E-state index in [1.807, 2.05) is 29.2 Å².